The van der Waals surface area contributed by atoms with Crippen molar-refractivity contribution in [3.05, 3.63) is 60.7 Å². The summed E-state index contributed by atoms with van der Waals surface area (Å²) in [5, 5.41) is 2.25. The van der Waals surface area contributed by atoms with Gasteiger partial charge in [0.2, 0.25) is 0 Å². The maximum Gasteiger partial charge on any atom is 0.116 e. The van der Waals surface area contributed by atoms with E-state index in [0.717, 1.165) is 18.4 Å². The highest BCUT2D eigenvalue weighted by Crippen LogP contribution is 2.45. The Labute approximate surface area is 150 Å². The fourth-order valence-electron chi connectivity index (χ4n) is 1.73. The van der Waals surface area contributed by atoms with Gasteiger partial charge in [-0.1, -0.05) is 108 Å². The molecule has 0 bridgehead atoms. The molecule has 0 fully saturated rings. The Morgan fingerprint density at radius 1 is 0.727 bits per heavy atom. The van der Waals surface area contributed by atoms with Crippen LogP contribution in [0.5, 0.6) is 0 Å². The lowest BCUT2D eigenvalue weighted by Crippen LogP contribution is -2.19. The number of nitrogens with zero attached hydrogens (tertiary/aromatic N) is 1. The van der Waals surface area contributed by atoms with Gasteiger partial charge in [-0.2, -0.15) is 0 Å². The van der Waals surface area contributed by atoms with Gasteiger partial charge in [-0.3, -0.25) is 4.67 Å². The molecule has 120 valence electrons. The van der Waals surface area contributed by atoms with Crippen LogP contribution in [0.4, 0.5) is 0 Å². The third-order valence-electron chi connectivity index (χ3n) is 2.90. The van der Waals surface area contributed by atoms with E-state index in [-0.39, 0.29) is 0 Å². The highest BCUT2D eigenvalue weighted by molar-refractivity contribution is 8.08. The van der Waals surface area contributed by atoms with Crippen molar-refractivity contribution in [2.75, 3.05) is 13.1 Å². The molecule has 22 heavy (non-hydrogen) atoms. The van der Waals surface area contributed by atoms with Crippen molar-refractivity contribution in [1.82, 2.24) is 4.67 Å². The van der Waals surface area contributed by atoms with Crippen molar-refractivity contribution in [3.8, 4) is 0 Å². The molecule has 2 aromatic carbocycles. The van der Waals surface area contributed by atoms with Crippen molar-refractivity contribution in [2.24, 2.45) is 0 Å². The van der Waals surface area contributed by atoms with E-state index in [2.05, 4.69) is 30.7 Å². The second-order valence-corrected chi connectivity index (χ2v) is 10.4. The molecular weight excluding hydrogens is 374 g/mol. The molecule has 1 atom stereocenters. The first kappa shape index (κ1) is 20.2. The molecule has 1 unspecified atom stereocenters. The van der Waals surface area contributed by atoms with Gasteiger partial charge in [0.05, 0.1) is 7.43 Å². The summed E-state index contributed by atoms with van der Waals surface area (Å²) >= 11 is 17.6. The number of benzene rings is 2. The van der Waals surface area contributed by atoms with Gasteiger partial charge in [-0.15, -0.1) is 0 Å². The predicted octanol–water partition coefficient (Wildman–Crippen LogP) is 6.31. The Hall–Kier alpha value is 0.130. The monoisotopic (exact) mass is 393 g/mol. The molecule has 0 aliphatic rings. The summed E-state index contributed by atoms with van der Waals surface area (Å²) in [7, 11) is -0.634. The van der Waals surface area contributed by atoms with E-state index in [4.69, 9.17) is 33.7 Å². The molecule has 0 aromatic heterocycles. The number of hydrogen-bond acceptors (Lipinski definition) is 1. The minimum Gasteiger partial charge on any atom is -0.267 e. The smallest absolute Gasteiger partial charge is 0.116 e. The van der Waals surface area contributed by atoms with Gasteiger partial charge in [0, 0.05) is 23.7 Å². The molecule has 0 aliphatic heterocycles. The van der Waals surface area contributed by atoms with Crippen LogP contribution in [-0.4, -0.2) is 17.8 Å². The van der Waals surface area contributed by atoms with Gasteiger partial charge in [0.1, 0.15) is 6.63 Å². The summed E-state index contributed by atoms with van der Waals surface area (Å²) in [5.74, 6) is 0. The molecule has 0 N–H and O–H groups in total. The molecule has 0 aliphatic carbocycles. The van der Waals surface area contributed by atoms with E-state index >= 15 is 0 Å². The van der Waals surface area contributed by atoms with Gasteiger partial charge in [-0.25, -0.2) is 0 Å². The lowest BCUT2D eigenvalue weighted by Gasteiger charge is -2.23. The quantitative estimate of drug-likeness (QED) is 0.537. The summed E-state index contributed by atoms with van der Waals surface area (Å²) < 4.78 is 2.28. The largest absolute Gasteiger partial charge is 0.267 e. The van der Waals surface area contributed by atoms with Crippen LogP contribution in [0.1, 0.15) is 13.8 Å². The summed E-state index contributed by atoms with van der Waals surface area (Å²) in [6, 6.07) is 19.9. The van der Waals surface area contributed by atoms with Crippen molar-refractivity contribution in [3.63, 3.8) is 0 Å². The highest BCUT2D eigenvalue weighted by atomic mass is 35.9. The molecular formula is C16H20Cl3NP2. The van der Waals surface area contributed by atoms with Crippen LogP contribution in [0, 0.1) is 0 Å². The van der Waals surface area contributed by atoms with Gasteiger partial charge in [0.25, 0.3) is 0 Å². The van der Waals surface area contributed by atoms with Crippen LogP contribution in [0.3, 0.4) is 0 Å². The van der Waals surface area contributed by atoms with Crippen LogP contribution in [0.2, 0.25) is 0 Å². The number of halogens is 3. The summed E-state index contributed by atoms with van der Waals surface area (Å²) in [6.07, 6.45) is 0. The van der Waals surface area contributed by atoms with E-state index in [1.54, 1.807) is 0 Å². The second-order valence-electron chi connectivity index (χ2n) is 4.30. The Morgan fingerprint density at radius 3 is 1.45 bits per heavy atom. The molecule has 0 spiro atoms. The van der Waals surface area contributed by atoms with Gasteiger partial charge in [-0.05, 0) is 0 Å². The lowest BCUT2D eigenvalue weighted by molar-refractivity contribution is 0.517. The van der Waals surface area contributed by atoms with Gasteiger partial charge >= 0.3 is 0 Å². The van der Waals surface area contributed by atoms with Gasteiger partial charge < -0.3 is 0 Å². The summed E-state index contributed by atoms with van der Waals surface area (Å²) in [5.41, 5.74) is 0. The Balaban J connectivity index is 0.000000235. The van der Waals surface area contributed by atoms with Crippen LogP contribution in [0.15, 0.2) is 60.7 Å². The van der Waals surface area contributed by atoms with Crippen LogP contribution < -0.4 is 10.6 Å². The molecule has 1 nitrogen and oxygen atoms in total. The Kier molecular flexibility index (Phi) is 10.7. The highest BCUT2D eigenvalue weighted by Gasteiger charge is 2.13. The molecule has 0 radical (unpaired) electrons. The normalized spacial score (nSPS) is 12.0. The second kappa shape index (κ2) is 11.6. The molecule has 0 saturated heterocycles. The van der Waals surface area contributed by atoms with Crippen molar-refractivity contribution >= 4 is 58.4 Å². The molecule has 2 rings (SSSR count). The first-order valence-corrected chi connectivity index (χ1v) is 12.4. The van der Waals surface area contributed by atoms with E-state index in [1.165, 1.54) is 5.30 Å². The fourth-order valence-corrected chi connectivity index (χ4v) is 5.02. The molecule has 0 heterocycles. The maximum absolute atomic E-state index is 6.36. The van der Waals surface area contributed by atoms with Crippen molar-refractivity contribution < 1.29 is 0 Å². The molecule has 0 amide bonds. The minimum atomic E-state index is -0.951. The van der Waals surface area contributed by atoms with Crippen LogP contribution >= 0.6 is 47.8 Å². The Morgan fingerprint density at radius 2 is 1.14 bits per heavy atom. The van der Waals surface area contributed by atoms with Crippen LogP contribution in [-0.2, 0) is 0 Å². The average molecular weight is 395 g/mol. The summed E-state index contributed by atoms with van der Waals surface area (Å²) in [4.78, 5) is 0. The summed E-state index contributed by atoms with van der Waals surface area (Å²) in [6.45, 7) is 5.36. The first-order chi connectivity index (χ1) is 10.6. The van der Waals surface area contributed by atoms with E-state index < -0.39 is 14.1 Å². The number of hydrogen-bond donors (Lipinski definition) is 0. The third kappa shape index (κ3) is 7.14. The van der Waals surface area contributed by atoms with Crippen molar-refractivity contribution in [1.29, 1.82) is 0 Å². The first-order valence-electron chi connectivity index (χ1n) is 7.02. The lowest BCUT2D eigenvalue weighted by atomic mass is 10.4. The Bertz CT molecular complexity index is 507. The topological polar surface area (TPSA) is 3.24 Å². The SMILES string of the molecule is CCN(CC)P(Cl)c1ccccc1.ClP(Cl)c1ccccc1. The molecule has 6 heteroatoms. The zero-order valence-corrected chi connectivity index (χ0v) is 16.7. The van der Waals surface area contributed by atoms with E-state index in [0.29, 0.717) is 0 Å². The van der Waals surface area contributed by atoms with Crippen molar-refractivity contribution in [2.45, 2.75) is 13.8 Å². The molecule has 2 aromatic rings. The average Bonchev–Trinajstić information content (AvgIpc) is 2.58. The zero-order valence-electron chi connectivity index (χ0n) is 12.7. The predicted molar refractivity (Wildman–Crippen MR) is 106 cm³/mol. The van der Waals surface area contributed by atoms with E-state index in [9.17, 15) is 0 Å². The fraction of sp³-hybridized carbons (Fsp3) is 0.250. The van der Waals surface area contributed by atoms with Crippen LogP contribution in [0.25, 0.3) is 0 Å². The zero-order chi connectivity index (χ0) is 16.4. The third-order valence-corrected chi connectivity index (χ3v) is 7.77. The molecule has 0 saturated carbocycles. The van der Waals surface area contributed by atoms with Gasteiger partial charge in [0.15, 0.2) is 0 Å². The van der Waals surface area contributed by atoms with E-state index in [1.807, 2.05) is 48.5 Å². The standard InChI is InChI=1S/C10H15ClNP.C6H5Cl2P/c1-3-12(4-2)13(11)10-8-6-5-7-9-10;7-9(8)6-4-2-1-3-5-6/h5-9H,3-4H2,1-2H3;1-5H. The number of rotatable bonds is 5. The maximum atomic E-state index is 6.36. The minimum absolute atomic E-state index is 0.634.